The average Bonchev–Trinajstić information content (AvgIpc) is 2.84. The zero-order valence-electron chi connectivity index (χ0n) is 18.6. The highest BCUT2D eigenvalue weighted by Crippen LogP contribution is 2.45. The molecule has 1 aromatic heterocycles. The van der Waals surface area contributed by atoms with Gasteiger partial charge in [0.25, 0.3) is 0 Å². The third kappa shape index (κ3) is 3.58. The van der Waals surface area contributed by atoms with Gasteiger partial charge in [-0.25, -0.2) is 9.97 Å². The Morgan fingerprint density at radius 2 is 2.21 bits per heavy atom. The van der Waals surface area contributed by atoms with Gasteiger partial charge in [0.05, 0.1) is 23.6 Å². The molecule has 2 N–H and O–H groups in total. The first-order chi connectivity index (χ1) is 16.1. The molecule has 1 amide bonds. The van der Waals surface area contributed by atoms with Gasteiger partial charge in [0.15, 0.2) is 5.82 Å². The molecule has 170 valence electrons. The van der Waals surface area contributed by atoms with E-state index >= 15 is 0 Å². The zero-order valence-corrected chi connectivity index (χ0v) is 18.6. The number of carbonyl (C=O) groups excluding carboxylic acids is 1. The lowest BCUT2D eigenvalue weighted by molar-refractivity contribution is -0.122. The van der Waals surface area contributed by atoms with Crippen LogP contribution in [0.3, 0.4) is 0 Å². The van der Waals surface area contributed by atoms with E-state index in [2.05, 4.69) is 45.0 Å². The van der Waals surface area contributed by atoms with Gasteiger partial charge in [-0.1, -0.05) is 30.8 Å². The summed E-state index contributed by atoms with van der Waals surface area (Å²) in [5.74, 6) is 0.690. The second-order valence-electron chi connectivity index (χ2n) is 9.09. The number of aromatic nitrogens is 2. The molecule has 8 heteroatoms. The molecule has 0 saturated carbocycles. The fourth-order valence-corrected chi connectivity index (χ4v) is 5.68. The highest BCUT2D eigenvalue weighted by Gasteiger charge is 2.47. The summed E-state index contributed by atoms with van der Waals surface area (Å²) in [6.07, 6.45) is 5.85. The van der Waals surface area contributed by atoms with Crippen LogP contribution in [0.4, 0.5) is 11.5 Å². The van der Waals surface area contributed by atoms with Gasteiger partial charge in [0.2, 0.25) is 5.91 Å². The summed E-state index contributed by atoms with van der Waals surface area (Å²) < 4.78 is 0. The maximum Gasteiger partial charge on any atom is 0.235 e. The Hall–Kier alpha value is -3.28. The van der Waals surface area contributed by atoms with E-state index in [-0.39, 0.29) is 18.4 Å². The van der Waals surface area contributed by atoms with Crippen molar-refractivity contribution in [2.45, 2.75) is 49.8 Å². The predicted molar refractivity (Wildman–Crippen MR) is 125 cm³/mol. The minimum absolute atomic E-state index is 0.00694. The number of rotatable bonds is 4. The highest BCUT2D eigenvalue weighted by atomic mass is 16.3. The molecule has 2 aliphatic heterocycles. The number of benzene rings is 1. The molecule has 3 atom stereocenters. The van der Waals surface area contributed by atoms with Crippen LogP contribution in [-0.2, 0) is 23.1 Å². The van der Waals surface area contributed by atoms with Crippen molar-refractivity contribution < 1.29 is 9.90 Å². The van der Waals surface area contributed by atoms with Crippen LogP contribution in [0.1, 0.15) is 36.1 Å². The molecule has 0 radical (unpaired) electrons. The first kappa shape index (κ1) is 21.6. The molecule has 1 aliphatic carbocycles. The molecule has 1 unspecified atom stereocenters. The topological polar surface area (TPSA) is 105 Å². The Balaban J connectivity index is 1.47. The summed E-state index contributed by atoms with van der Waals surface area (Å²) in [6, 6.07) is 10.3. The number of amides is 1. The lowest BCUT2D eigenvalue weighted by Gasteiger charge is -2.44. The van der Waals surface area contributed by atoms with Gasteiger partial charge < -0.3 is 15.3 Å². The summed E-state index contributed by atoms with van der Waals surface area (Å²) in [4.78, 5) is 26.7. The van der Waals surface area contributed by atoms with Gasteiger partial charge in [0.1, 0.15) is 18.2 Å². The number of aliphatic hydroxyl groups excluding tert-OH is 1. The second kappa shape index (κ2) is 8.58. The number of anilines is 2. The van der Waals surface area contributed by atoms with Crippen molar-refractivity contribution in [2.75, 3.05) is 29.9 Å². The predicted octanol–water partition coefficient (Wildman–Crippen LogP) is 2.15. The smallest absolute Gasteiger partial charge is 0.235 e. The lowest BCUT2D eigenvalue weighted by atomic mass is 9.65. The van der Waals surface area contributed by atoms with E-state index in [0.717, 1.165) is 30.5 Å². The van der Waals surface area contributed by atoms with Gasteiger partial charge in [-0.3, -0.25) is 9.69 Å². The largest absolute Gasteiger partial charge is 0.375 e. The van der Waals surface area contributed by atoms with Gasteiger partial charge >= 0.3 is 0 Å². The van der Waals surface area contributed by atoms with Crippen LogP contribution in [0.25, 0.3) is 0 Å². The van der Waals surface area contributed by atoms with Crippen LogP contribution >= 0.6 is 0 Å². The molecule has 1 saturated heterocycles. The molecular weight excluding hydrogens is 416 g/mol. The third-order valence-corrected chi connectivity index (χ3v) is 7.34. The Morgan fingerprint density at radius 3 is 3.03 bits per heavy atom. The number of fused-ring (bicyclic) bond motifs is 3. The van der Waals surface area contributed by atoms with Crippen molar-refractivity contribution in [3.05, 3.63) is 60.1 Å². The number of nitrogens with one attached hydrogen (secondary N) is 1. The average molecular weight is 445 g/mol. The van der Waals surface area contributed by atoms with Crippen LogP contribution in [-0.4, -0.2) is 57.8 Å². The standard InChI is InChI=1S/C25H28N6O2/c1-2-21(32)31-13-12-30(15-18(31)9-11-26)23-22-20(27-16-28-23)14-25(24(33)29-22)10-5-7-17-6-3-4-8-19(17)25/h2-4,6,8,16,18,21,32H,1,5,7,9-10,12-15H2,(H,29,33)/t18-,21?,25+/m0/s1. The quantitative estimate of drug-likeness (QED) is 0.696. The Labute approximate surface area is 193 Å². The van der Waals surface area contributed by atoms with E-state index < -0.39 is 11.6 Å². The SMILES string of the molecule is C=CC(O)N1CCN(c2ncnc3c2NC(=O)[C@]2(CCCc4ccccc42)C3)C[C@@H]1CC#N. The van der Waals surface area contributed by atoms with Crippen LogP contribution in [0.5, 0.6) is 0 Å². The molecule has 8 nitrogen and oxygen atoms in total. The number of aliphatic hydroxyl groups is 1. The summed E-state index contributed by atoms with van der Waals surface area (Å²) in [5.41, 5.74) is 3.28. The van der Waals surface area contributed by atoms with Crippen LogP contribution in [0.15, 0.2) is 43.2 Å². The number of hydrogen-bond donors (Lipinski definition) is 2. The van der Waals surface area contributed by atoms with Crippen molar-refractivity contribution in [3.8, 4) is 6.07 Å². The summed E-state index contributed by atoms with van der Waals surface area (Å²) in [5, 5.41) is 22.8. The summed E-state index contributed by atoms with van der Waals surface area (Å²) >= 11 is 0. The van der Waals surface area contributed by atoms with Gasteiger partial charge in [-0.2, -0.15) is 5.26 Å². The maximum absolute atomic E-state index is 13.6. The monoisotopic (exact) mass is 444 g/mol. The molecular formula is C25H28N6O2. The number of nitriles is 1. The van der Waals surface area contributed by atoms with Crippen molar-refractivity contribution in [1.29, 1.82) is 5.26 Å². The number of carbonyl (C=O) groups is 1. The summed E-state index contributed by atoms with van der Waals surface area (Å²) in [6.45, 7) is 5.36. The minimum atomic E-state index is -0.796. The molecule has 0 bridgehead atoms. The van der Waals surface area contributed by atoms with E-state index in [0.29, 0.717) is 37.6 Å². The molecule has 2 aromatic rings. The fourth-order valence-electron chi connectivity index (χ4n) is 5.68. The first-order valence-electron chi connectivity index (χ1n) is 11.5. The number of aryl methyl sites for hydroxylation is 1. The van der Waals surface area contributed by atoms with Gasteiger partial charge in [-0.15, -0.1) is 0 Å². The van der Waals surface area contributed by atoms with Gasteiger partial charge in [-0.05, 0) is 36.5 Å². The second-order valence-corrected chi connectivity index (χ2v) is 9.09. The van der Waals surface area contributed by atoms with Crippen molar-refractivity contribution in [1.82, 2.24) is 14.9 Å². The lowest BCUT2D eigenvalue weighted by Crippen LogP contribution is -2.56. The molecule has 1 spiro atoms. The number of nitrogens with zero attached hydrogens (tertiary/aromatic N) is 5. The minimum Gasteiger partial charge on any atom is -0.375 e. The molecule has 5 rings (SSSR count). The van der Waals surface area contributed by atoms with Crippen LogP contribution in [0, 0.1) is 11.3 Å². The normalized spacial score (nSPS) is 25.5. The molecule has 3 aliphatic rings. The van der Waals surface area contributed by atoms with E-state index in [1.807, 2.05) is 17.0 Å². The third-order valence-electron chi connectivity index (χ3n) is 7.34. The van der Waals surface area contributed by atoms with Crippen molar-refractivity contribution in [3.63, 3.8) is 0 Å². The fraction of sp³-hybridized carbons (Fsp3) is 0.440. The molecule has 1 aromatic carbocycles. The van der Waals surface area contributed by atoms with Crippen molar-refractivity contribution in [2.24, 2.45) is 0 Å². The van der Waals surface area contributed by atoms with E-state index in [4.69, 9.17) is 0 Å². The Bertz CT molecular complexity index is 1130. The van der Waals surface area contributed by atoms with Crippen LogP contribution in [0.2, 0.25) is 0 Å². The Kier molecular flexibility index (Phi) is 5.60. The molecule has 3 heterocycles. The first-order valence-corrected chi connectivity index (χ1v) is 11.5. The van der Waals surface area contributed by atoms with E-state index in [9.17, 15) is 15.2 Å². The van der Waals surface area contributed by atoms with Crippen molar-refractivity contribution >= 4 is 17.4 Å². The van der Waals surface area contributed by atoms with Crippen LogP contribution < -0.4 is 10.2 Å². The summed E-state index contributed by atoms with van der Waals surface area (Å²) in [7, 11) is 0. The van der Waals surface area contributed by atoms with E-state index in [1.165, 1.54) is 11.6 Å². The van der Waals surface area contributed by atoms with Gasteiger partial charge in [0, 0.05) is 32.1 Å². The number of hydrogen-bond acceptors (Lipinski definition) is 7. The number of piperazine rings is 1. The zero-order chi connectivity index (χ0) is 23.0. The van der Waals surface area contributed by atoms with E-state index in [1.54, 1.807) is 6.33 Å². The molecule has 1 fully saturated rings. The Morgan fingerprint density at radius 1 is 1.36 bits per heavy atom. The molecule has 33 heavy (non-hydrogen) atoms. The maximum atomic E-state index is 13.6. The highest BCUT2D eigenvalue weighted by molar-refractivity contribution is 6.04.